The van der Waals surface area contributed by atoms with Crippen LogP contribution in [-0.4, -0.2) is 135 Å². The molecular formula is C42H51Cl2N8O18P3S2. The number of thioether (sulfide) groups is 1. The molecule has 33 heteroatoms. The van der Waals surface area contributed by atoms with Gasteiger partial charge in [0.15, 0.2) is 17.7 Å². The summed E-state index contributed by atoms with van der Waals surface area (Å²) < 4.78 is 62.7. The Labute approximate surface area is 445 Å². The van der Waals surface area contributed by atoms with Gasteiger partial charge in [0, 0.05) is 46.6 Å². The minimum atomic E-state index is -5.63. The number of halogens is 2. The van der Waals surface area contributed by atoms with Gasteiger partial charge in [-0.1, -0.05) is 79.1 Å². The van der Waals surface area contributed by atoms with Gasteiger partial charge >= 0.3 is 23.5 Å². The van der Waals surface area contributed by atoms with Gasteiger partial charge in [-0.05, 0) is 43.7 Å². The molecule has 1 fully saturated rings. The Morgan fingerprint density at radius 3 is 2.33 bits per heavy atom. The number of rotatable bonds is 24. The average Bonchev–Trinajstić information content (AvgIpc) is 4.04. The third-order valence-electron chi connectivity index (χ3n) is 10.8. The number of amides is 3. The first kappa shape index (κ1) is 60.0. The lowest BCUT2D eigenvalue weighted by atomic mass is 9.87. The average molecular weight is 1180 g/mol. The van der Waals surface area contributed by atoms with Crippen molar-refractivity contribution in [3.63, 3.8) is 0 Å². The molecule has 4 heterocycles. The van der Waals surface area contributed by atoms with Crippen molar-refractivity contribution in [1.29, 1.82) is 0 Å². The van der Waals surface area contributed by atoms with E-state index in [4.69, 9.17) is 42.7 Å². The Balaban J connectivity index is 0.958. The van der Waals surface area contributed by atoms with Gasteiger partial charge in [-0.25, -0.2) is 28.6 Å². The fraction of sp³-hybridized carbons (Fsp3) is 0.405. The van der Waals surface area contributed by atoms with Crippen LogP contribution < -0.4 is 21.3 Å². The number of nitrogens with two attached hydrogens (primary N) is 1. The molecule has 26 nitrogen and oxygen atoms in total. The number of carbonyl (C=O) groups excluding carboxylic acids is 4. The quantitative estimate of drug-likeness (QED) is 0.0288. The van der Waals surface area contributed by atoms with Crippen LogP contribution in [0.15, 0.2) is 67.3 Å². The molecule has 1 saturated heterocycles. The van der Waals surface area contributed by atoms with Crippen molar-refractivity contribution in [3.8, 4) is 10.4 Å². The Kier molecular flexibility index (Phi) is 20.0. The number of nitrogens with one attached hydrogen (secondary N) is 2. The summed E-state index contributed by atoms with van der Waals surface area (Å²) >= 11 is 14.6. The lowest BCUT2D eigenvalue weighted by molar-refractivity contribution is -0.137. The molecule has 3 amide bonds. The number of benzene rings is 2. The molecule has 0 spiro atoms. The number of ether oxygens (including phenoxy) is 1. The number of aliphatic hydroxyl groups excluding tert-OH is 2. The number of hydrogen-bond acceptors (Lipinski definition) is 20. The van der Waals surface area contributed by atoms with Crippen LogP contribution in [0.4, 0.5) is 11.5 Å². The highest BCUT2D eigenvalue weighted by Gasteiger charge is 2.50. The van der Waals surface area contributed by atoms with Gasteiger partial charge in [0.2, 0.25) is 16.9 Å². The van der Waals surface area contributed by atoms with E-state index in [2.05, 4.69) is 34.4 Å². The van der Waals surface area contributed by atoms with E-state index in [-0.39, 0.29) is 57.9 Å². The largest absolute Gasteiger partial charge is 0.481 e. The minimum absolute atomic E-state index is 0.0159. The number of fused-ring (bicyclic) bond motifs is 1. The molecule has 7 unspecified atom stereocenters. The maximum Gasteiger partial charge on any atom is 0.481 e. The van der Waals surface area contributed by atoms with E-state index >= 15 is 0 Å². The SMILES string of the molecule is CC(C)N(C(=O)c1ccc(Cl)cc1Cl)c1cc(-c2ccccc2)sc1C(=O)SCCNC(=O)CCNC(=O)C(O)C(C)(C)COP(=O)(O)OP(=O)(O)OCC1OC(n2cnc3c(N)ncnc32)C(O)C1OP(=O)(O)O. The van der Waals surface area contributed by atoms with Crippen molar-refractivity contribution < 1.29 is 85.3 Å². The number of thiophene rings is 1. The number of carbonyl (C=O) groups is 4. The van der Waals surface area contributed by atoms with Crippen LogP contribution in [0.2, 0.25) is 10.0 Å². The van der Waals surface area contributed by atoms with Crippen LogP contribution in [0.1, 0.15) is 60.4 Å². The van der Waals surface area contributed by atoms with Crippen molar-refractivity contribution in [2.75, 3.05) is 42.7 Å². The van der Waals surface area contributed by atoms with E-state index in [0.29, 0.717) is 15.6 Å². The smallest absolute Gasteiger partial charge is 0.386 e. The molecule has 75 heavy (non-hydrogen) atoms. The summed E-state index contributed by atoms with van der Waals surface area (Å²) in [7, 11) is -16.5. The summed E-state index contributed by atoms with van der Waals surface area (Å²) in [5.41, 5.74) is 5.60. The Morgan fingerprint density at radius 2 is 1.67 bits per heavy atom. The number of aromatic nitrogens is 4. The van der Waals surface area contributed by atoms with E-state index in [1.165, 1.54) is 42.2 Å². The van der Waals surface area contributed by atoms with Gasteiger partial charge in [-0.3, -0.25) is 37.3 Å². The molecule has 0 bridgehead atoms. The van der Waals surface area contributed by atoms with Gasteiger partial charge < -0.3 is 55.8 Å². The molecule has 408 valence electrons. The summed E-state index contributed by atoms with van der Waals surface area (Å²) in [6.07, 6.45) is -7.20. The van der Waals surface area contributed by atoms with Crippen LogP contribution in [-0.2, 0) is 45.9 Å². The molecule has 1 aliphatic heterocycles. The maximum atomic E-state index is 14.0. The molecule has 0 saturated carbocycles. The van der Waals surface area contributed by atoms with E-state index < -0.39 is 96.5 Å². The van der Waals surface area contributed by atoms with Gasteiger partial charge in [-0.2, -0.15) is 4.31 Å². The minimum Gasteiger partial charge on any atom is -0.386 e. The van der Waals surface area contributed by atoms with Crippen molar-refractivity contribution in [3.05, 3.63) is 87.7 Å². The predicted molar refractivity (Wildman–Crippen MR) is 275 cm³/mol. The van der Waals surface area contributed by atoms with Crippen LogP contribution in [0.25, 0.3) is 21.6 Å². The molecule has 10 N–H and O–H groups in total. The summed E-state index contributed by atoms with van der Waals surface area (Å²) in [4.78, 5) is 107. The van der Waals surface area contributed by atoms with Gasteiger partial charge in [-0.15, -0.1) is 11.3 Å². The molecule has 3 aromatic heterocycles. The summed E-state index contributed by atoms with van der Waals surface area (Å²) in [5, 5.41) is 26.9. The Bertz CT molecular complexity index is 3040. The van der Waals surface area contributed by atoms with E-state index in [9.17, 15) is 62.7 Å². The van der Waals surface area contributed by atoms with Crippen LogP contribution in [0.3, 0.4) is 0 Å². The normalized spacial score (nSPS) is 19.1. The second-order valence-corrected chi connectivity index (χ2v) is 24.5. The predicted octanol–water partition coefficient (Wildman–Crippen LogP) is 5.07. The Hall–Kier alpha value is -4.25. The van der Waals surface area contributed by atoms with Crippen LogP contribution >= 0.6 is 69.8 Å². The second-order valence-electron chi connectivity index (χ2n) is 17.3. The lowest BCUT2D eigenvalue weighted by Crippen LogP contribution is -2.46. The molecule has 7 atom stereocenters. The monoisotopic (exact) mass is 1180 g/mol. The van der Waals surface area contributed by atoms with Crippen molar-refractivity contribution in [2.45, 2.75) is 70.8 Å². The summed E-state index contributed by atoms with van der Waals surface area (Å²) in [5.74, 6) is -1.92. The molecule has 1 aliphatic rings. The number of imidazole rings is 1. The maximum absolute atomic E-state index is 14.0. The number of phosphoric ester groups is 3. The van der Waals surface area contributed by atoms with Gasteiger partial charge in [0.25, 0.3) is 5.91 Å². The summed E-state index contributed by atoms with van der Waals surface area (Å²) in [6, 6.07) is 15.2. The molecule has 2 aromatic carbocycles. The number of hydrogen-bond donors (Lipinski definition) is 9. The third-order valence-corrected chi connectivity index (χ3v) is 16.7. The highest BCUT2D eigenvalue weighted by molar-refractivity contribution is 8.14. The Morgan fingerprint density at radius 1 is 0.973 bits per heavy atom. The molecule has 0 radical (unpaired) electrons. The van der Waals surface area contributed by atoms with Crippen LogP contribution in [0.5, 0.6) is 0 Å². The molecule has 0 aliphatic carbocycles. The number of phosphoric acid groups is 3. The first-order valence-electron chi connectivity index (χ1n) is 22.1. The lowest BCUT2D eigenvalue weighted by Gasteiger charge is -2.30. The first-order chi connectivity index (χ1) is 35.1. The van der Waals surface area contributed by atoms with E-state index in [1.807, 2.05) is 30.3 Å². The topological polar surface area (TPSA) is 384 Å². The number of nitrogen functional groups attached to an aromatic ring is 1. The zero-order valence-electron chi connectivity index (χ0n) is 39.9. The van der Waals surface area contributed by atoms with Gasteiger partial charge in [0.05, 0.1) is 35.8 Å². The van der Waals surface area contributed by atoms with Gasteiger partial charge in [0.1, 0.15) is 41.1 Å². The highest BCUT2D eigenvalue weighted by Crippen LogP contribution is 2.61. The highest BCUT2D eigenvalue weighted by atomic mass is 35.5. The number of nitrogens with zero attached hydrogens (tertiary/aromatic N) is 5. The van der Waals surface area contributed by atoms with Crippen molar-refractivity contribution in [1.82, 2.24) is 30.2 Å². The van der Waals surface area contributed by atoms with E-state index in [0.717, 1.165) is 39.4 Å². The fourth-order valence-electron chi connectivity index (χ4n) is 7.21. The van der Waals surface area contributed by atoms with E-state index in [1.54, 1.807) is 26.0 Å². The number of anilines is 2. The zero-order valence-corrected chi connectivity index (χ0v) is 45.7. The van der Waals surface area contributed by atoms with Crippen molar-refractivity contribution in [2.24, 2.45) is 5.41 Å². The third kappa shape index (κ3) is 15.7. The van der Waals surface area contributed by atoms with Crippen molar-refractivity contribution >= 4 is 115 Å². The first-order valence-corrected chi connectivity index (χ1v) is 29.2. The molecule has 5 aromatic rings. The fourth-order valence-corrected chi connectivity index (χ4v) is 12.4. The zero-order chi connectivity index (χ0) is 55.2. The second kappa shape index (κ2) is 25.0. The number of aliphatic hydroxyl groups is 2. The van der Waals surface area contributed by atoms with Crippen LogP contribution in [0, 0.1) is 5.41 Å². The molecular weight excluding hydrogens is 1130 g/mol. The standard InChI is InChI=1S/C42H51Cl2N8O18P3S2/c1-22(2)52(39(57)25-11-10-24(43)16-26(25)44)27-17-29(23-8-6-5-7-9-23)75-34(27)41(58)74-15-14-46-30(53)12-13-47-38(56)35(55)42(3,4)19-67-73(64,65)70-72(62,63)66-18-28-33(69-71(59,60)61)32(54)40(68-28)51-21-50-31-36(45)48-20-49-37(31)51/h5-11,16-17,20-22,28,32-33,35,40,54-55H,12-15,18-19H2,1-4H3,(H,46,53)(H,47,56)(H,62,63)(H,64,65)(H2,45,48,49)(H2,59,60,61). The molecule has 6 rings (SSSR count). The summed E-state index contributed by atoms with van der Waals surface area (Å²) in [6.45, 7) is 3.74.